The van der Waals surface area contributed by atoms with E-state index >= 15 is 0 Å². The third-order valence-corrected chi connectivity index (χ3v) is 2.75. The molecule has 0 fully saturated rings. The van der Waals surface area contributed by atoms with Gasteiger partial charge in [0.15, 0.2) is 0 Å². The summed E-state index contributed by atoms with van der Waals surface area (Å²) in [5.74, 6) is 2.78. The molecule has 1 unspecified atom stereocenters. The number of nitrogens with zero attached hydrogens (tertiary/aromatic N) is 2. The molecule has 1 N–H and O–H groups in total. The lowest BCUT2D eigenvalue weighted by molar-refractivity contribution is 0.532. The lowest BCUT2D eigenvalue weighted by Gasteiger charge is -2.13. The van der Waals surface area contributed by atoms with E-state index in [9.17, 15) is 0 Å². The molecule has 1 aromatic carbocycles. The normalized spacial score (nSPS) is 12.5. The molecule has 1 heterocycles. The van der Waals surface area contributed by atoms with Crippen LogP contribution in [0.3, 0.4) is 0 Å². The number of rotatable bonds is 5. The Morgan fingerprint density at radius 1 is 1.47 bits per heavy atom. The van der Waals surface area contributed by atoms with E-state index in [1.54, 1.807) is 0 Å². The molecule has 0 aliphatic carbocycles. The molecule has 0 aliphatic heterocycles. The van der Waals surface area contributed by atoms with Crippen molar-refractivity contribution in [3.8, 4) is 12.3 Å². The summed E-state index contributed by atoms with van der Waals surface area (Å²) in [6.07, 6.45) is 8.46. The molecule has 2 aromatic rings. The zero-order valence-corrected chi connectivity index (χ0v) is 10.1. The van der Waals surface area contributed by atoms with Crippen LogP contribution in [0.4, 0.5) is 0 Å². The van der Waals surface area contributed by atoms with Crippen molar-refractivity contribution in [2.24, 2.45) is 0 Å². The predicted octanol–water partition coefficient (Wildman–Crippen LogP) is 2.04. The minimum Gasteiger partial charge on any atom is -0.328 e. The summed E-state index contributed by atoms with van der Waals surface area (Å²) >= 11 is 0. The Morgan fingerprint density at radius 3 is 3.06 bits per heavy atom. The van der Waals surface area contributed by atoms with Crippen LogP contribution in [0.15, 0.2) is 30.6 Å². The van der Waals surface area contributed by atoms with Crippen molar-refractivity contribution in [1.29, 1.82) is 0 Å². The quantitative estimate of drug-likeness (QED) is 0.792. The van der Waals surface area contributed by atoms with Crippen LogP contribution in [0.2, 0.25) is 0 Å². The van der Waals surface area contributed by atoms with Crippen LogP contribution >= 0.6 is 0 Å². The lowest BCUT2D eigenvalue weighted by Crippen LogP contribution is -2.32. The van der Waals surface area contributed by atoms with Gasteiger partial charge in [0, 0.05) is 0 Å². The highest BCUT2D eigenvalue weighted by atomic mass is 15.1. The first-order chi connectivity index (χ1) is 8.35. The molecule has 0 spiro atoms. The van der Waals surface area contributed by atoms with Crippen molar-refractivity contribution < 1.29 is 0 Å². The van der Waals surface area contributed by atoms with Gasteiger partial charge in [-0.2, -0.15) is 0 Å². The first kappa shape index (κ1) is 11.7. The number of benzene rings is 1. The number of imidazole rings is 1. The van der Waals surface area contributed by atoms with Crippen LogP contribution < -0.4 is 5.32 Å². The number of fused-ring (bicyclic) bond motifs is 1. The van der Waals surface area contributed by atoms with E-state index in [4.69, 9.17) is 6.42 Å². The van der Waals surface area contributed by atoms with E-state index in [1.807, 2.05) is 24.5 Å². The fraction of sp³-hybridized carbons (Fsp3) is 0.357. The van der Waals surface area contributed by atoms with Gasteiger partial charge in [0.2, 0.25) is 0 Å². The molecular weight excluding hydrogens is 210 g/mol. The van der Waals surface area contributed by atoms with Crippen molar-refractivity contribution in [3.63, 3.8) is 0 Å². The highest BCUT2D eigenvalue weighted by Crippen LogP contribution is 2.11. The molecular formula is C14H17N3. The van der Waals surface area contributed by atoms with Crippen molar-refractivity contribution in [2.75, 3.05) is 6.54 Å². The number of aromatic nitrogens is 2. The summed E-state index contributed by atoms with van der Waals surface area (Å²) < 4.78 is 2.10. The number of para-hydroxylation sites is 2. The van der Waals surface area contributed by atoms with Crippen LogP contribution in [0.5, 0.6) is 0 Å². The van der Waals surface area contributed by atoms with Crippen LogP contribution in [-0.4, -0.2) is 22.1 Å². The second kappa shape index (κ2) is 5.51. The third kappa shape index (κ3) is 2.66. The van der Waals surface area contributed by atoms with Crippen molar-refractivity contribution in [2.45, 2.75) is 25.9 Å². The smallest absolute Gasteiger partial charge is 0.0959 e. The van der Waals surface area contributed by atoms with E-state index in [0.717, 1.165) is 30.5 Å². The summed E-state index contributed by atoms with van der Waals surface area (Å²) in [6, 6.07) is 8.15. The van der Waals surface area contributed by atoms with Crippen molar-refractivity contribution >= 4 is 11.0 Å². The Kier molecular flexibility index (Phi) is 3.79. The van der Waals surface area contributed by atoms with E-state index in [0.29, 0.717) is 0 Å². The standard InChI is InChI=1S/C14H17N3/c1-3-9-15-12(4-2)10-17-11-16-13-7-5-6-8-14(13)17/h2,5-8,11-12,15H,3,9-10H2,1H3. The molecule has 0 amide bonds. The third-order valence-electron chi connectivity index (χ3n) is 2.75. The molecule has 1 aromatic heterocycles. The van der Waals surface area contributed by atoms with Gasteiger partial charge in [-0.15, -0.1) is 6.42 Å². The monoisotopic (exact) mass is 227 g/mol. The fourth-order valence-electron chi connectivity index (χ4n) is 1.85. The lowest BCUT2D eigenvalue weighted by atomic mass is 10.2. The Balaban J connectivity index is 2.15. The highest BCUT2D eigenvalue weighted by Gasteiger charge is 2.07. The van der Waals surface area contributed by atoms with Gasteiger partial charge in [0.05, 0.1) is 29.9 Å². The SMILES string of the molecule is C#CC(Cn1cnc2ccccc21)NCCC. The van der Waals surface area contributed by atoms with Gasteiger partial charge in [-0.05, 0) is 25.1 Å². The second-order valence-corrected chi connectivity index (χ2v) is 4.06. The minimum atomic E-state index is 0.0626. The van der Waals surface area contributed by atoms with Crippen LogP contribution in [0.25, 0.3) is 11.0 Å². The highest BCUT2D eigenvalue weighted by molar-refractivity contribution is 5.74. The minimum absolute atomic E-state index is 0.0626. The van der Waals surface area contributed by atoms with Crippen LogP contribution in [0, 0.1) is 12.3 Å². The topological polar surface area (TPSA) is 29.9 Å². The zero-order valence-electron chi connectivity index (χ0n) is 10.1. The van der Waals surface area contributed by atoms with E-state index in [1.165, 1.54) is 0 Å². The molecule has 3 nitrogen and oxygen atoms in total. The molecule has 2 rings (SSSR count). The van der Waals surface area contributed by atoms with Gasteiger partial charge in [-0.25, -0.2) is 4.98 Å². The van der Waals surface area contributed by atoms with Gasteiger partial charge in [-0.1, -0.05) is 25.0 Å². The van der Waals surface area contributed by atoms with Gasteiger partial charge in [0.1, 0.15) is 0 Å². The van der Waals surface area contributed by atoms with E-state index in [-0.39, 0.29) is 6.04 Å². The molecule has 0 saturated carbocycles. The largest absolute Gasteiger partial charge is 0.328 e. The maximum atomic E-state index is 5.53. The van der Waals surface area contributed by atoms with Gasteiger partial charge in [-0.3, -0.25) is 0 Å². The number of nitrogens with one attached hydrogen (secondary N) is 1. The average Bonchev–Trinajstić information content (AvgIpc) is 2.78. The first-order valence-electron chi connectivity index (χ1n) is 5.94. The Bertz CT molecular complexity index is 521. The van der Waals surface area contributed by atoms with E-state index in [2.05, 4.69) is 33.8 Å². The van der Waals surface area contributed by atoms with Gasteiger partial charge < -0.3 is 9.88 Å². The first-order valence-corrected chi connectivity index (χ1v) is 5.94. The molecule has 0 saturated heterocycles. The Labute approximate surface area is 102 Å². The molecule has 17 heavy (non-hydrogen) atoms. The van der Waals surface area contributed by atoms with Crippen LogP contribution in [0.1, 0.15) is 13.3 Å². The number of terminal acetylenes is 1. The summed E-state index contributed by atoms with van der Waals surface area (Å²) in [7, 11) is 0. The molecule has 88 valence electrons. The Hall–Kier alpha value is -1.79. The maximum Gasteiger partial charge on any atom is 0.0959 e. The molecule has 3 heteroatoms. The molecule has 0 radical (unpaired) electrons. The van der Waals surface area contributed by atoms with Crippen molar-refractivity contribution in [1.82, 2.24) is 14.9 Å². The van der Waals surface area contributed by atoms with Gasteiger partial charge >= 0.3 is 0 Å². The molecule has 0 aliphatic rings. The van der Waals surface area contributed by atoms with E-state index < -0.39 is 0 Å². The summed E-state index contributed by atoms with van der Waals surface area (Å²) in [5, 5.41) is 3.34. The number of hydrogen-bond acceptors (Lipinski definition) is 2. The van der Waals surface area contributed by atoms with Crippen molar-refractivity contribution in [3.05, 3.63) is 30.6 Å². The Morgan fingerprint density at radius 2 is 2.29 bits per heavy atom. The summed E-state index contributed by atoms with van der Waals surface area (Å²) in [5.41, 5.74) is 2.14. The van der Waals surface area contributed by atoms with Gasteiger partial charge in [0.25, 0.3) is 0 Å². The molecule has 1 atom stereocenters. The molecule has 0 bridgehead atoms. The predicted molar refractivity (Wildman–Crippen MR) is 70.6 cm³/mol. The summed E-state index contributed by atoms with van der Waals surface area (Å²) in [6.45, 7) is 3.84. The fourth-order valence-corrected chi connectivity index (χ4v) is 1.85. The zero-order chi connectivity index (χ0) is 12.1. The summed E-state index contributed by atoms with van der Waals surface area (Å²) in [4.78, 5) is 4.35. The maximum absolute atomic E-state index is 5.53. The number of hydrogen-bond donors (Lipinski definition) is 1. The van der Waals surface area contributed by atoms with Crippen LogP contribution in [-0.2, 0) is 6.54 Å². The second-order valence-electron chi connectivity index (χ2n) is 4.06. The average molecular weight is 227 g/mol.